The molecule has 0 fully saturated rings. The van der Waals surface area contributed by atoms with Crippen LogP contribution in [-0.4, -0.2) is 6.04 Å². The highest BCUT2D eigenvalue weighted by molar-refractivity contribution is 6.30. The molecule has 1 atom stereocenters. The van der Waals surface area contributed by atoms with E-state index >= 15 is 0 Å². The molecule has 3 heteroatoms. The first-order valence-electron chi connectivity index (χ1n) is 7.37. The van der Waals surface area contributed by atoms with E-state index in [4.69, 9.17) is 16.3 Å². The summed E-state index contributed by atoms with van der Waals surface area (Å²) >= 11 is 6.10. The van der Waals surface area contributed by atoms with Crippen LogP contribution in [0.1, 0.15) is 31.4 Å². The second-order valence-electron chi connectivity index (χ2n) is 5.22. The largest absolute Gasteiger partial charge is 0.489 e. The summed E-state index contributed by atoms with van der Waals surface area (Å²) in [5.74, 6) is 0.888. The predicted octanol–water partition coefficient (Wildman–Crippen LogP) is 4.81. The molecule has 0 spiro atoms. The molecule has 0 aliphatic carbocycles. The second-order valence-corrected chi connectivity index (χ2v) is 5.65. The van der Waals surface area contributed by atoms with Gasteiger partial charge in [-0.15, -0.1) is 0 Å². The smallest absolute Gasteiger partial charge is 0.124 e. The van der Waals surface area contributed by atoms with Crippen LogP contribution in [0.2, 0.25) is 5.02 Å². The van der Waals surface area contributed by atoms with Crippen LogP contribution in [0.25, 0.3) is 0 Å². The molecule has 21 heavy (non-hydrogen) atoms. The van der Waals surface area contributed by atoms with Crippen LogP contribution in [0, 0.1) is 0 Å². The minimum Gasteiger partial charge on any atom is -0.489 e. The zero-order valence-corrected chi connectivity index (χ0v) is 13.4. The Morgan fingerprint density at radius 1 is 1.14 bits per heavy atom. The number of benzene rings is 2. The molecule has 2 nitrogen and oxygen atoms in total. The van der Waals surface area contributed by atoms with Gasteiger partial charge in [0.15, 0.2) is 0 Å². The van der Waals surface area contributed by atoms with Crippen molar-refractivity contribution in [3.63, 3.8) is 0 Å². The van der Waals surface area contributed by atoms with Gasteiger partial charge in [-0.25, -0.2) is 0 Å². The van der Waals surface area contributed by atoms with Gasteiger partial charge in [0.05, 0.1) is 0 Å². The molecule has 0 saturated carbocycles. The zero-order valence-electron chi connectivity index (χ0n) is 12.6. The average molecular weight is 304 g/mol. The number of ether oxygens (including phenoxy) is 1. The lowest BCUT2D eigenvalue weighted by Crippen LogP contribution is -2.24. The van der Waals surface area contributed by atoms with Crippen LogP contribution in [-0.2, 0) is 13.2 Å². The maximum Gasteiger partial charge on any atom is 0.124 e. The van der Waals surface area contributed by atoms with E-state index in [1.165, 1.54) is 0 Å². The Labute approximate surface area is 132 Å². The minimum absolute atomic E-state index is 0.478. The molecule has 0 bridgehead atoms. The van der Waals surface area contributed by atoms with Gasteiger partial charge in [0.2, 0.25) is 0 Å². The molecule has 2 rings (SSSR count). The highest BCUT2D eigenvalue weighted by Crippen LogP contribution is 2.24. The van der Waals surface area contributed by atoms with E-state index in [1.54, 1.807) is 0 Å². The Bertz CT molecular complexity index is 556. The monoisotopic (exact) mass is 303 g/mol. The number of nitrogens with one attached hydrogen (secondary N) is 1. The number of hydrogen-bond donors (Lipinski definition) is 1. The van der Waals surface area contributed by atoms with Crippen molar-refractivity contribution in [2.24, 2.45) is 0 Å². The first-order valence-corrected chi connectivity index (χ1v) is 7.75. The molecule has 0 aromatic heterocycles. The fourth-order valence-electron chi connectivity index (χ4n) is 1.99. The van der Waals surface area contributed by atoms with Gasteiger partial charge in [0.1, 0.15) is 12.4 Å². The number of hydrogen-bond acceptors (Lipinski definition) is 2. The maximum atomic E-state index is 6.10. The summed E-state index contributed by atoms with van der Waals surface area (Å²) in [6.07, 6.45) is 1.10. The van der Waals surface area contributed by atoms with E-state index < -0.39 is 0 Å². The highest BCUT2D eigenvalue weighted by Gasteiger charge is 2.07. The highest BCUT2D eigenvalue weighted by atomic mass is 35.5. The summed E-state index contributed by atoms with van der Waals surface area (Å²) in [6, 6.07) is 16.4. The molecule has 2 aromatic carbocycles. The first-order chi connectivity index (χ1) is 10.2. The van der Waals surface area contributed by atoms with Gasteiger partial charge < -0.3 is 10.1 Å². The lowest BCUT2D eigenvalue weighted by molar-refractivity contribution is 0.301. The van der Waals surface area contributed by atoms with Crippen molar-refractivity contribution in [3.05, 3.63) is 64.7 Å². The molecule has 1 unspecified atom stereocenters. The summed E-state index contributed by atoms with van der Waals surface area (Å²) in [4.78, 5) is 0. The van der Waals surface area contributed by atoms with Gasteiger partial charge in [-0.2, -0.15) is 0 Å². The third-order valence-electron chi connectivity index (χ3n) is 3.51. The van der Waals surface area contributed by atoms with Gasteiger partial charge >= 0.3 is 0 Å². The summed E-state index contributed by atoms with van der Waals surface area (Å²) in [6.45, 7) is 5.68. The van der Waals surface area contributed by atoms with Gasteiger partial charge in [0.25, 0.3) is 0 Å². The molecular weight excluding hydrogens is 282 g/mol. The minimum atomic E-state index is 0.478. The fraction of sp³-hybridized carbons (Fsp3) is 0.333. The Morgan fingerprint density at radius 3 is 2.62 bits per heavy atom. The topological polar surface area (TPSA) is 21.3 Å². The van der Waals surface area contributed by atoms with Gasteiger partial charge in [-0.3, -0.25) is 0 Å². The third kappa shape index (κ3) is 5.07. The molecule has 1 N–H and O–H groups in total. The molecule has 0 saturated heterocycles. The molecular formula is C18H22ClNO. The van der Waals surface area contributed by atoms with Crippen LogP contribution < -0.4 is 10.1 Å². The van der Waals surface area contributed by atoms with E-state index in [2.05, 4.69) is 31.3 Å². The van der Waals surface area contributed by atoms with Crippen molar-refractivity contribution in [2.45, 2.75) is 39.5 Å². The van der Waals surface area contributed by atoms with Crippen molar-refractivity contribution < 1.29 is 4.74 Å². The second kappa shape index (κ2) is 8.06. The summed E-state index contributed by atoms with van der Waals surface area (Å²) in [7, 11) is 0. The zero-order chi connectivity index (χ0) is 15.1. The molecule has 0 heterocycles. The van der Waals surface area contributed by atoms with E-state index in [9.17, 15) is 0 Å². The van der Waals surface area contributed by atoms with Crippen LogP contribution >= 0.6 is 11.6 Å². The van der Waals surface area contributed by atoms with E-state index in [-0.39, 0.29) is 0 Å². The maximum absolute atomic E-state index is 6.10. The van der Waals surface area contributed by atoms with Crippen LogP contribution in [0.15, 0.2) is 48.5 Å². The lowest BCUT2D eigenvalue weighted by Gasteiger charge is -2.15. The molecule has 0 aliphatic rings. The summed E-state index contributed by atoms with van der Waals surface area (Å²) < 4.78 is 5.95. The SMILES string of the molecule is CCC(C)NCc1cc(Cl)ccc1OCc1ccccc1. The van der Waals surface area contributed by atoms with E-state index in [0.717, 1.165) is 34.9 Å². The van der Waals surface area contributed by atoms with Crippen LogP contribution in [0.5, 0.6) is 5.75 Å². The quantitative estimate of drug-likeness (QED) is 0.793. The van der Waals surface area contributed by atoms with Crippen molar-refractivity contribution in [3.8, 4) is 5.75 Å². The summed E-state index contributed by atoms with van der Waals surface area (Å²) in [5.41, 5.74) is 2.26. The predicted molar refractivity (Wildman–Crippen MR) is 88.8 cm³/mol. The number of halogens is 1. The Kier molecular flexibility index (Phi) is 6.09. The summed E-state index contributed by atoms with van der Waals surface area (Å²) in [5, 5.41) is 4.21. The van der Waals surface area contributed by atoms with Crippen molar-refractivity contribution in [1.29, 1.82) is 0 Å². The third-order valence-corrected chi connectivity index (χ3v) is 3.75. The molecule has 2 aromatic rings. The molecule has 0 radical (unpaired) electrons. The molecule has 112 valence electrons. The van der Waals surface area contributed by atoms with Crippen molar-refractivity contribution in [1.82, 2.24) is 5.32 Å². The van der Waals surface area contributed by atoms with Gasteiger partial charge in [-0.05, 0) is 37.1 Å². The average Bonchev–Trinajstić information content (AvgIpc) is 2.52. The Morgan fingerprint density at radius 2 is 1.90 bits per heavy atom. The van der Waals surface area contributed by atoms with E-state index in [1.807, 2.05) is 36.4 Å². The fourth-order valence-corrected chi connectivity index (χ4v) is 2.19. The normalized spacial score (nSPS) is 12.1. The lowest BCUT2D eigenvalue weighted by atomic mass is 10.1. The first kappa shape index (κ1) is 15.9. The standard InChI is InChI=1S/C18H22ClNO/c1-3-14(2)20-12-16-11-17(19)9-10-18(16)21-13-15-7-5-4-6-8-15/h4-11,14,20H,3,12-13H2,1-2H3. The molecule has 0 amide bonds. The van der Waals surface area contributed by atoms with Gasteiger partial charge in [0, 0.05) is 23.2 Å². The van der Waals surface area contributed by atoms with Crippen LogP contribution in [0.4, 0.5) is 0 Å². The Hall–Kier alpha value is -1.51. The van der Waals surface area contributed by atoms with Gasteiger partial charge in [-0.1, -0.05) is 48.9 Å². The van der Waals surface area contributed by atoms with Crippen LogP contribution in [0.3, 0.4) is 0 Å². The Balaban J connectivity index is 2.04. The number of rotatable bonds is 7. The van der Waals surface area contributed by atoms with Crippen molar-refractivity contribution in [2.75, 3.05) is 0 Å². The van der Waals surface area contributed by atoms with E-state index in [0.29, 0.717) is 12.6 Å². The molecule has 0 aliphatic heterocycles. The van der Waals surface area contributed by atoms with Crippen molar-refractivity contribution >= 4 is 11.6 Å².